The van der Waals surface area contributed by atoms with E-state index in [0.717, 1.165) is 11.3 Å². The van der Waals surface area contributed by atoms with E-state index in [1.165, 1.54) is 7.11 Å². The molecule has 0 N–H and O–H groups in total. The number of hydrogen-bond donors (Lipinski definition) is 0. The Kier molecular flexibility index (Phi) is 5.92. The molecule has 116 valence electrons. The molecule has 1 aromatic carbocycles. The van der Waals surface area contributed by atoms with Crippen LogP contribution >= 0.6 is 11.6 Å². The summed E-state index contributed by atoms with van der Waals surface area (Å²) >= 11 is 6.06. The van der Waals surface area contributed by atoms with Gasteiger partial charge in [0.2, 0.25) is 0 Å². The van der Waals surface area contributed by atoms with E-state index in [1.807, 2.05) is 42.2 Å². The average Bonchev–Trinajstić information content (AvgIpc) is 2.55. The lowest BCUT2D eigenvalue weighted by Crippen LogP contribution is -2.34. The number of methoxy groups -OCH3 is 1. The smallest absolute Gasteiger partial charge is 0.327 e. The first kappa shape index (κ1) is 16.5. The summed E-state index contributed by atoms with van der Waals surface area (Å²) in [6.07, 6.45) is 1.75. The maximum atomic E-state index is 12.3. The largest absolute Gasteiger partial charge is 0.468 e. The molecule has 0 fully saturated rings. The van der Waals surface area contributed by atoms with Crippen molar-refractivity contribution >= 4 is 17.6 Å². The van der Waals surface area contributed by atoms with Gasteiger partial charge in [-0.3, -0.25) is 9.88 Å². The Morgan fingerprint density at radius 2 is 2.14 bits per heavy atom. The number of likely N-dealkylation sites (N-methyl/N-ethyl adjacent to an activating group) is 1. The topological polar surface area (TPSA) is 42.4 Å². The van der Waals surface area contributed by atoms with Crippen LogP contribution in [0.5, 0.6) is 0 Å². The lowest BCUT2D eigenvalue weighted by atomic mass is 10.0. The lowest BCUT2D eigenvalue weighted by molar-refractivity contribution is -0.147. The van der Waals surface area contributed by atoms with Crippen LogP contribution in [0.25, 0.3) is 0 Å². The summed E-state index contributed by atoms with van der Waals surface area (Å²) in [5, 5.41) is 0.597. The van der Waals surface area contributed by atoms with Crippen molar-refractivity contribution in [3.05, 3.63) is 64.9 Å². The van der Waals surface area contributed by atoms with E-state index in [-0.39, 0.29) is 5.97 Å². The summed E-state index contributed by atoms with van der Waals surface area (Å²) in [4.78, 5) is 18.6. The van der Waals surface area contributed by atoms with Crippen LogP contribution in [0, 0.1) is 0 Å². The number of carbonyl (C=O) groups is 1. The van der Waals surface area contributed by atoms with Crippen molar-refractivity contribution in [2.24, 2.45) is 0 Å². The minimum Gasteiger partial charge on any atom is -0.468 e. The number of hydrogen-bond acceptors (Lipinski definition) is 4. The summed E-state index contributed by atoms with van der Waals surface area (Å²) < 4.78 is 4.98. The summed E-state index contributed by atoms with van der Waals surface area (Å²) in [5.74, 6) is -0.306. The minimum absolute atomic E-state index is 0.306. The zero-order valence-electron chi connectivity index (χ0n) is 12.7. The van der Waals surface area contributed by atoms with E-state index in [0.29, 0.717) is 18.1 Å². The summed E-state index contributed by atoms with van der Waals surface area (Å²) in [6.45, 7) is 3.25. The maximum Gasteiger partial charge on any atom is 0.327 e. The Labute approximate surface area is 135 Å². The van der Waals surface area contributed by atoms with E-state index < -0.39 is 6.04 Å². The number of esters is 1. The van der Waals surface area contributed by atoms with Gasteiger partial charge in [-0.2, -0.15) is 0 Å². The van der Waals surface area contributed by atoms with Gasteiger partial charge in [-0.15, -0.1) is 0 Å². The second kappa shape index (κ2) is 7.92. The van der Waals surface area contributed by atoms with Gasteiger partial charge >= 0.3 is 5.97 Å². The van der Waals surface area contributed by atoms with Crippen LogP contribution in [0.2, 0.25) is 5.02 Å². The molecule has 0 aliphatic heterocycles. The van der Waals surface area contributed by atoms with Gasteiger partial charge in [-0.25, -0.2) is 4.79 Å². The molecule has 2 rings (SSSR count). The van der Waals surface area contributed by atoms with E-state index in [9.17, 15) is 4.79 Å². The molecule has 1 aromatic heterocycles. The monoisotopic (exact) mass is 318 g/mol. The van der Waals surface area contributed by atoms with Gasteiger partial charge in [0.25, 0.3) is 0 Å². The Morgan fingerprint density at radius 1 is 1.32 bits per heavy atom. The first-order valence-electron chi connectivity index (χ1n) is 7.13. The van der Waals surface area contributed by atoms with Gasteiger partial charge in [0.1, 0.15) is 6.04 Å². The van der Waals surface area contributed by atoms with Gasteiger partial charge in [0.15, 0.2) is 0 Å². The maximum absolute atomic E-state index is 12.3. The highest BCUT2D eigenvalue weighted by atomic mass is 35.5. The standard InChI is InChI=1S/C17H19ClN2O2/c1-3-20(12-15-9-4-5-10-19-15)16(17(21)22-2)13-7-6-8-14(18)11-13/h4-11,16H,3,12H2,1-2H3. The highest BCUT2D eigenvalue weighted by Gasteiger charge is 2.28. The van der Waals surface area contributed by atoms with Crippen LogP contribution in [0.1, 0.15) is 24.2 Å². The minimum atomic E-state index is -0.504. The van der Waals surface area contributed by atoms with Gasteiger partial charge in [-0.1, -0.05) is 36.7 Å². The fourth-order valence-corrected chi connectivity index (χ4v) is 2.57. The molecule has 4 nitrogen and oxygen atoms in total. The van der Waals surface area contributed by atoms with Gasteiger partial charge in [0, 0.05) is 17.8 Å². The third-order valence-corrected chi connectivity index (χ3v) is 3.69. The quantitative estimate of drug-likeness (QED) is 0.765. The molecular weight excluding hydrogens is 300 g/mol. The Hall–Kier alpha value is -1.91. The van der Waals surface area contributed by atoms with Crippen LogP contribution < -0.4 is 0 Å². The van der Waals surface area contributed by atoms with Crippen LogP contribution in [0.4, 0.5) is 0 Å². The second-order valence-corrected chi connectivity index (χ2v) is 5.30. The molecule has 0 bridgehead atoms. The average molecular weight is 319 g/mol. The number of benzene rings is 1. The predicted molar refractivity (Wildman–Crippen MR) is 86.5 cm³/mol. The van der Waals surface area contributed by atoms with Crippen molar-refractivity contribution in [3.63, 3.8) is 0 Å². The Bertz CT molecular complexity index is 619. The van der Waals surface area contributed by atoms with E-state index in [4.69, 9.17) is 16.3 Å². The summed E-state index contributed by atoms with van der Waals surface area (Å²) in [7, 11) is 1.40. The highest BCUT2D eigenvalue weighted by molar-refractivity contribution is 6.30. The molecule has 5 heteroatoms. The Balaban J connectivity index is 2.32. The highest BCUT2D eigenvalue weighted by Crippen LogP contribution is 2.26. The van der Waals surface area contributed by atoms with Gasteiger partial charge in [-0.05, 0) is 36.4 Å². The van der Waals surface area contributed by atoms with E-state index in [1.54, 1.807) is 18.3 Å². The lowest BCUT2D eigenvalue weighted by Gasteiger charge is -2.28. The van der Waals surface area contributed by atoms with Crippen LogP contribution in [0.3, 0.4) is 0 Å². The van der Waals surface area contributed by atoms with Crippen molar-refractivity contribution in [3.8, 4) is 0 Å². The SMILES string of the molecule is CCN(Cc1ccccn1)C(C(=O)OC)c1cccc(Cl)c1. The third-order valence-electron chi connectivity index (χ3n) is 3.45. The molecule has 0 radical (unpaired) electrons. The van der Waals surface area contributed by atoms with Crippen molar-refractivity contribution in [2.75, 3.05) is 13.7 Å². The van der Waals surface area contributed by atoms with Crippen molar-refractivity contribution in [1.82, 2.24) is 9.88 Å². The fourth-order valence-electron chi connectivity index (χ4n) is 2.37. The number of halogens is 1. The fraction of sp³-hybridized carbons (Fsp3) is 0.294. The normalized spacial score (nSPS) is 12.2. The summed E-state index contributed by atoms with van der Waals surface area (Å²) in [5.41, 5.74) is 1.72. The molecule has 22 heavy (non-hydrogen) atoms. The van der Waals surface area contributed by atoms with Crippen LogP contribution in [-0.2, 0) is 16.1 Å². The van der Waals surface area contributed by atoms with Crippen molar-refractivity contribution in [2.45, 2.75) is 19.5 Å². The zero-order chi connectivity index (χ0) is 15.9. The first-order valence-corrected chi connectivity index (χ1v) is 7.50. The number of pyridine rings is 1. The third kappa shape index (κ3) is 4.06. The molecule has 1 unspecified atom stereocenters. The molecule has 0 amide bonds. The molecule has 2 aromatic rings. The number of aromatic nitrogens is 1. The molecular formula is C17H19ClN2O2. The molecule has 1 heterocycles. The number of rotatable bonds is 6. The van der Waals surface area contributed by atoms with E-state index in [2.05, 4.69) is 4.98 Å². The summed E-state index contributed by atoms with van der Waals surface area (Å²) in [6, 6.07) is 12.5. The molecule has 0 saturated heterocycles. The van der Waals surface area contributed by atoms with Crippen LogP contribution in [0.15, 0.2) is 48.7 Å². The van der Waals surface area contributed by atoms with Crippen molar-refractivity contribution in [1.29, 1.82) is 0 Å². The number of nitrogens with zero attached hydrogens (tertiary/aromatic N) is 2. The molecule has 0 saturated carbocycles. The second-order valence-electron chi connectivity index (χ2n) is 4.86. The molecule has 0 aliphatic carbocycles. The zero-order valence-corrected chi connectivity index (χ0v) is 13.5. The van der Waals surface area contributed by atoms with Crippen LogP contribution in [-0.4, -0.2) is 29.5 Å². The number of ether oxygens (including phenoxy) is 1. The molecule has 0 spiro atoms. The number of carbonyl (C=O) groups excluding carboxylic acids is 1. The van der Waals surface area contributed by atoms with Crippen molar-refractivity contribution < 1.29 is 9.53 Å². The predicted octanol–water partition coefficient (Wildman–Crippen LogP) is 3.47. The van der Waals surface area contributed by atoms with Gasteiger partial charge in [0.05, 0.1) is 12.8 Å². The van der Waals surface area contributed by atoms with E-state index >= 15 is 0 Å². The first-order chi connectivity index (χ1) is 10.7. The Morgan fingerprint density at radius 3 is 2.73 bits per heavy atom. The molecule has 0 aliphatic rings. The van der Waals surface area contributed by atoms with Gasteiger partial charge < -0.3 is 4.74 Å². The molecule has 1 atom stereocenters.